The largest absolute Gasteiger partial charge is 0.372 e. The monoisotopic (exact) mass is 295 g/mol. The van der Waals surface area contributed by atoms with E-state index in [-0.39, 0.29) is 6.03 Å². The highest BCUT2D eigenvalue weighted by molar-refractivity contribution is 6.01. The summed E-state index contributed by atoms with van der Waals surface area (Å²) in [7, 11) is 1.78. The molecule has 1 N–H and O–H groups in total. The quantitative estimate of drug-likeness (QED) is 0.930. The fourth-order valence-corrected chi connectivity index (χ4v) is 2.71. The zero-order valence-corrected chi connectivity index (χ0v) is 12.8. The van der Waals surface area contributed by atoms with Crippen LogP contribution >= 0.6 is 0 Å². The van der Waals surface area contributed by atoms with Gasteiger partial charge in [-0.3, -0.25) is 4.90 Å². The van der Waals surface area contributed by atoms with E-state index in [1.54, 1.807) is 11.9 Å². The van der Waals surface area contributed by atoms with Crippen LogP contribution in [0.2, 0.25) is 0 Å². The van der Waals surface area contributed by atoms with E-state index >= 15 is 0 Å². The molecule has 114 valence electrons. The van der Waals surface area contributed by atoms with Crippen molar-refractivity contribution in [2.24, 2.45) is 0 Å². The van der Waals surface area contributed by atoms with E-state index in [0.717, 1.165) is 24.5 Å². The predicted octanol–water partition coefficient (Wildman–Crippen LogP) is 3.96. The van der Waals surface area contributed by atoms with Crippen LogP contribution in [0.15, 0.2) is 54.6 Å². The molecule has 0 aliphatic carbocycles. The van der Waals surface area contributed by atoms with Crippen LogP contribution in [0.4, 0.5) is 21.9 Å². The molecule has 1 aliphatic rings. The summed E-state index contributed by atoms with van der Waals surface area (Å²) >= 11 is 0. The van der Waals surface area contributed by atoms with Crippen LogP contribution in [0.25, 0.3) is 0 Å². The Bertz CT molecular complexity index is 619. The first-order valence-electron chi connectivity index (χ1n) is 7.69. The average Bonchev–Trinajstić information content (AvgIpc) is 3.10. The number of amides is 2. The van der Waals surface area contributed by atoms with Crippen molar-refractivity contribution in [3.63, 3.8) is 0 Å². The summed E-state index contributed by atoms with van der Waals surface area (Å²) in [6, 6.07) is 17.5. The van der Waals surface area contributed by atoms with E-state index in [1.807, 2.05) is 42.5 Å². The molecule has 1 saturated heterocycles. The topological polar surface area (TPSA) is 35.6 Å². The summed E-state index contributed by atoms with van der Waals surface area (Å²) in [5, 5.41) is 2.89. The Morgan fingerprint density at radius 2 is 1.64 bits per heavy atom. The maximum Gasteiger partial charge on any atom is 0.326 e. The van der Waals surface area contributed by atoms with Crippen LogP contribution in [-0.4, -0.2) is 26.2 Å². The minimum atomic E-state index is -0.139. The zero-order chi connectivity index (χ0) is 15.4. The van der Waals surface area contributed by atoms with Gasteiger partial charge < -0.3 is 10.2 Å². The van der Waals surface area contributed by atoms with E-state index in [1.165, 1.54) is 18.5 Å². The summed E-state index contributed by atoms with van der Waals surface area (Å²) in [4.78, 5) is 16.3. The number of nitrogens with zero attached hydrogens (tertiary/aromatic N) is 2. The van der Waals surface area contributed by atoms with Crippen LogP contribution in [-0.2, 0) is 0 Å². The Morgan fingerprint density at radius 3 is 2.27 bits per heavy atom. The van der Waals surface area contributed by atoms with E-state index in [2.05, 4.69) is 22.3 Å². The summed E-state index contributed by atoms with van der Waals surface area (Å²) in [6.07, 6.45) is 2.53. The Balaban J connectivity index is 1.66. The van der Waals surface area contributed by atoms with E-state index in [0.29, 0.717) is 0 Å². The summed E-state index contributed by atoms with van der Waals surface area (Å²) < 4.78 is 0. The summed E-state index contributed by atoms with van der Waals surface area (Å²) in [5.41, 5.74) is 2.92. The van der Waals surface area contributed by atoms with Gasteiger partial charge in [0.2, 0.25) is 0 Å². The van der Waals surface area contributed by atoms with Gasteiger partial charge in [-0.1, -0.05) is 18.2 Å². The number of para-hydroxylation sites is 1. The Hall–Kier alpha value is -2.49. The van der Waals surface area contributed by atoms with Gasteiger partial charge in [0.1, 0.15) is 0 Å². The molecule has 22 heavy (non-hydrogen) atoms. The lowest BCUT2D eigenvalue weighted by molar-refractivity contribution is 0.258. The minimum absolute atomic E-state index is 0.139. The molecule has 2 amide bonds. The number of hydrogen-bond acceptors (Lipinski definition) is 2. The second kappa shape index (κ2) is 6.52. The molecule has 1 aliphatic heterocycles. The number of hydrogen-bond donors (Lipinski definition) is 1. The molecule has 2 aromatic rings. The van der Waals surface area contributed by atoms with E-state index in [9.17, 15) is 4.79 Å². The van der Waals surface area contributed by atoms with Gasteiger partial charge in [0, 0.05) is 37.2 Å². The average molecular weight is 295 g/mol. The highest BCUT2D eigenvalue weighted by Gasteiger charge is 2.14. The van der Waals surface area contributed by atoms with Crippen LogP contribution in [0.5, 0.6) is 0 Å². The molecular weight excluding hydrogens is 274 g/mol. The zero-order valence-electron chi connectivity index (χ0n) is 12.8. The van der Waals surface area contributed by atoms with Crippen LogP contribution < -0.4 is 15.1 Å². The van der Waals surface area contributed by atoms with Crippen molar-refractivity contribution in [1.29, 1.82) is 0 Å². The highest BCUT2D eigenvalue weighted by atomic mass is 16.2. The number of anilines is 3. The van der Waals surface area contributed by atoms with Crippen LogP contribution in [0.1, 0.15) is 12.8 Å². The smallest absolute Gasteiger partial charge is 0.326 e. The van der Waals surface area contributed by atoms with Crippen molar-refractivity contribution in [2.75, 3.05) is 35.3 Å². The second-order valence-corrected chi connectivity index (χ2v) is 5.57. The first-order chi connectivity index (χ1) is 10.7. The van der Waals surface area contributed by atoms with Gasteiger partial charge in [0.15, 0.2) is 0 Å². The van der Waals surface area contributed by atoms with Gasteiger partial charge in [0.25, 0.3) is 0 Å². The summed E-state index contributed by atoms with van der Waals surface area (Å²) in [5.74, 6) is 0. The van der Waals surface area contributed by atoms with Crippen molar-refractivity contribution in [2.45, 2.75) is 12.8 Å². The molecule has 0 spiro atoms. The Labute approximate surface area is 131 Å². The Kier molecular flexibility index (Phi) is 4.28. The Morgan fingerprint density at radius 1 is 1.00 bits per heavy atom. The van der Waals surface area contributed by atoms with Crippen molar-refractivity contribution >= 4 is 23.1 Å². The van der Waals surface area contributed by atoms with Crippen molar-refractivity contribution in [1.82, 2.24) is 0 Å². The minimum Gasteiger partial charge on any atom is -0.372 e. The van der Waals surface area contributed by atoms with Crippen molar-refractivity contribution in [3.05, 3.63) is 54.6 Å². The maximum absolute atomic E-state index is 12.3. The van der Waals surface area contributed by atoms with E-state index < -0.39 is 0 Å². The van der Waals surface area contributed by atoms with Crippen molar-refractivity contribution in [3.8, 4) is 0 Å². The third-order valence-corrected chi connectivity index (χ3v) is 4.04. The van der Waals surface area contributed by atoms with Gasteiger partial charge in [-0.25, -0.2) is 4.79 Å². The molecule has 0 aromatic heterocycles. The van der Waals surface area contributed by atoms with Gasteiger partial charge in [-0.2, -0.15) is 0 Å². The third-order valence-electron chi connectivity index (χ3n) is 4.04. The molecule has 1 fully saturated rings. The van der Waals surface area contributed by atoms with Crippen LogP contribution in [0.3, 0.4) is 0 Å². The number of rotatable bonds is 3. The lowest BCUT2D eigenvalue weighted by Gasteiger charge is -2.21. The molecule has 2 aromatic carbocycles. The van der Waals surface area contributed by atoms with Crippen LogP contribution in [0, 0.1) is 0 Å². The number of carbonyl (C=O) groups excluding carboxylic acids is 1. The van der Waals surface area contributed by atoms with Gasteiger partial charge in [-0.05, 0) is 49.2 Å². The first kappa shape index (κ1) is 14.4. The lowest BCUT2D eigenvalue weighted by atomic mass is 10.2. The molecule has 1 heterocycles. The summed E-state index contributed by atoms with van der Waals surface area (Å²) in [6.45, 7) is 2.26. The van der Waals surface area contributed by atoms with E-state index in [4.69, 9.17) is 0 Å². The second-order valence-electron chi connectivity index (χ2n) is 5.57. The fourth-order valence-electron chi connectivity index (χ4n) is 2.71. The molecule has 0 radical (unpaired) electrons. The molecule has 0 atom stereocenters. The number of benzene rings is 2. The molecular formula is C18H21N3O. The van der Waals surface area contributed by atoms with Gasteiger partial charge in [-0.15, -0.1) is 0 Å². The number of nitrogens with one attached hydrogen (secondary N) is 1. The highest BCUT2D eigenvalue weighted by Crippen LogP contribution is 2.23. The normalized spacial score (nSPS) is 14.0. The molecule has 0 saturated carbocycles. The molecule has 3 rings (SSSR count). The third kappa shape index (κ3) is 3.22. The maximum atomic E-state index is 12.3. The van der Waals surface area contributed by atoms with Gasteiger partial charge in [0.05, 0.1) is 0 Å². The van der Waals surface area contributed by atoms with Crippen molar-refractivity contribution < 1.29 is 4.79 Å². The molecule has 0 bridgehead atoms. The fraction of sp³-hybridized carbons (Fsp3) is 0.278. The molecule has 4 nitrogen and oxygen atoms in total. The standard InChI is InChI=1S/C18H21N3O/c1-20(18(22)19-15-7-3-2-4-8-15)16-9-11-17(12-10-16)21-13-5-6-14-21/h2-4,7-12H,5-6,13-14H2,1H3,(H,19,22). The molecule has 0 unspecified atom stereocenters. The van der Waals surface area contributed by atoms with Gasteiger partial charge >= 0.3 is 6.03 Å². The number of carbonyl (C=O) groups is 1. The predicted molar refractivity (Wildman–Crippen MR) is 91.8 cm³/mol. The lowest BCUT2D eigenvalue weighted by Crippen LogP contribution is -2.31. The first-order valence-corrected chi connectivity index (χ1v) is 7.69. The molecule has 4 heteroatoms. The number of urea groups is 1. The SMILES string of the molecule is CN(C(=O)Nc1ccccc1)c1ccc(N2CCCC2)cc1.